The third-order valence-electron chi connectivity index (χ3n) is 3.86. The van der Waals surface area contributed by atoms with Gasteiger partial charge >= 0.3 is 5.97 Å². The molecule has 0 aromatic carbocycles. The van der Waals surface area contributed by atoms with Gasteiger partial charge in [-0.1, -0.05) is 6.42 Å². The maximum absolute atomic E-state index is 10.8. The topological polar surface area (TPSA) is 40.5 Å². The minimum atomic E-state index is -0.587. The fourth-order valence-corrected chi connectivity index (χ4v) is 2.97. The van der Waals surface area contributed by atoms with E-state index in [1.807, 2.05) is 0 Å². The summed E-state index contributed by atoms with van der Waals surface area (Å²) in [5.41, 5.74) is 0. The Hall–Kier alpha value is -0.570. The Kier molecular flexibility index (Phi) is 3.62. The van der Waals surface area contributed by atoms with Crippen LogP contribution in [0.4, 0.5) is 0 Å². The lowest BCUT2D eigenvalue weighted by Crippen LogP contribution is -2.33. The summed E-state index contributed by atoms with van der Waals surface area (Å²) >= 11 is 0. The van der Waals surface area contributed by atoms with E-state index >= 15 is 0 Å². The maximum Gasteiger partial charge on any atom is 0.306 e. The lowest BCUT2D eigenvalue weighted by Gasteiger charge is -2.28. The van der Waals surface area contributed by atoms with E-state index < -0.39 is 5.97 Å². The smallest absolute Gasteiger partial charge is 0.306 e. The van der Waals surface area contributed by atoms with E-state index in [4.69, 9.17) is 5.11 Å². The monoisotopic (exact) mass is 211 g/mol. The second kappa shape index (κ2) is 4.97. The molecule has 1 saturated heterocycles. The van der Waals surface area contributed by atoms with Crippen LogP contribution in [0.1, 0.15) is 38.5 Å². The van der Waals surface area contributed by atoms with Gasteiger partial charge in [-0.2, -0.15) is 0 Å². The zero-order valence-electron chi connectivity index (χ0n) is 9.32. The number of hydrogen-bond donors (Lipinski definition) is 1. The molecule has 1 aliphatic heterocycles. The number of carboxylic acids is 1. The number of carbonyl (C=O) groups is 1. The normalized spacial score (nSPS) is 33.1. The summed E-state index contributed by atoms with van der Waals surface area (Å²) in [6.07, 6.45) is 6.95. The number of likely N-dealkylation sites (tertiary alicyclic amines) is 1. The molecule has 2 rings (SSSR count). The quantitative estimate of drug-likeness (QED) is 0.776. The van der Waals surface area contributed by atoms with E-state index in [1.165, 1.54) is 32.4 Å². The highest BCUT2D eigenvalue weighted by Gasteiger charge is 2.30. The van der Waals surface area contributed by atoms with Gasteiger partial charge in [0.15, 0.2) is 0 Å². The number of nitrogens with zero attached hydrogens (tertiary/aromatic N) is 1. The Balaban J connectivity index is 1.74. The highest BCUT2D eigenvalue weighted by Crippen LogP contribution is 2.32. The SMILES string of the molecule is O=C(O)C1CCC(CN2CCCCC2)C1. The van der Waals surface area contributed by atoms with Crippen molar-refractivity contribution in [2.45, 2.75) is 38.5 Å². The zero-order chi connectivity index (χ0) is 10.7. The largest absolute Gasteiger partial charge is 0.481 e. The minimum Gasteiger partial charge on any atom is -0.481 e. The minimum absolute atomic E-state index is 0.0557. The molecule has 2 fully saturated rings. The predicted octanol–water partition coefficient (Wildman–Crippen LogP) is 1.97. The molecule has 1 saturated carbocycles. The summed E-state index contributed by atoms with van der Waals surface area (Å²) in [6, 6.07) is 0. The number of hydrogen-bond acceptors (Lipinski definition) is 2. The molecule has 1 heterocycles. The Morgan fingerprint density at radius 2 is 1.93 bits per heavy atom. The average molecular weight is 211 g/mol. The van der Waals surface area contributed by atoms with Crippen LogP contribution in [0, 0.1) is 11.8 Å². The van der Waals surface area contributed by atoms with Crippen LogP contribution in [0.2, 0.25) is 0 Å². The molecule has 86 valence electrons. The first-order valence-electron chi connectivity index (χ1n) is 6.21. The first-order chi connectivity index (χ1) is 7.25. The summed E-state index contributed by atoms with van der Waals surface area (Å²) in [5.74, 6) is 0.000125. The van der Waals surface area contributed by atoms with Crippen LogP contribution in [-0.4, -0.2) is 35.6 Å². The molecule has 0 amide bonds. The van der Waals surface area contributed by atoms with Gasteiger partial charge in [-0.15, -0.1) is 0 Å². The van der Waals surface area contributed by atoms with Crippen LogP contribution in [-0.2, 0) is 4.79 Å². The van der Waals surface area contributed by atoms with Crippen LogP contribution < -0.4 is 0 Å². The van der Waals surface area contributed by atoms with E-state index in [-0.39, 0.29) is 5.92 Å². The molecule has 2 atom stereocenters. The van der Waals surface area contributed by atoms with Crippen molar-refractivity contribution >= 4 is 5.97 Å². The molecule has 1 aliphatic carbocycles. The average Bonchev–Trinajstić information content (AvgIpc) is 2.68. The molecular formula is C12H21NO2. The second-order valence-corrected chi connectivity index (χ2v) is 5.08. The first kappa shape index (κ1) is 10.9. The highest BCUT2D eigenvalue weighted by molar-refractivity contribution is 5.70. The molecule has 3 nitrogen and oxygen atoms in total. The van der Waals surface area contributed by atoms with E-state index in [0.717, 1.165) is 25.8 Å². The molecule has 2 unspecified atom stereocenters. The van der Waals surface area contributed by atoms with Crippen molar-refractivity contribution in [2.24, 2.45) is 11.8 Å². The van der Waals surface area contributed by atoms with Gasteiger partial charge < -0.3 is 10.0 Å². The van der Waals surface area contributed by atoms with E-state index in [1.54, 1.807) is 0 Å². The van der Waals surface area contributed by atoms with Gasteiger partial charge in [0.1, 0.15) is 0 Å². The first-order valence-corrected chi connectivity index (χ1v) is 6.21. The lowest BCUT2D eigenvalue weighted by atomic mass is 10.0. The molecule has 3 heteroatoms. The molecule has 0 spiro atoms. The Bertz CT molecular complexity index is 224. The molecule has 0 aromatic heterocycles. The highest BCUT2D eigenvalue weighted by atomic mass is 16.4. The van der Waals surface area contributed by atoms with Gasteiger partial charge in [-0.3, -0.25) is 4.79 Å². The van der Waals surface area contributed by atoms with Gasteiger partial charge in [-0.05, 0) is 51.1 Å². The third-order valence-corrected chi connectivity index (χ3v) is 3.86. The molecular weight excluding hydrogens is 190 g/mol. The lowest BCUT2D eigenvalue weighted by molar-refractivity contribution is -0.141. The van der Waals surface area contributed by atoms with Crippen molar-refractivity contribution < 1.29 is 9.90 Å². The number of aliphatic carboxylic acids is 1. The van der Waals surface area contributed by atoms with Crippen molar-refractivity contribution in [1.82, 2.24) is 4.90 Å². The molecule has 0 radical (unpaired) electrons. The van der Waals surface area contributed by atoms with Crippen molar-refractivity contribution in [2.75, 3.05) is 19.6 Å². The van der Waals surface area contributed by atoms with Gasteiger partial charge in [0.05, 0.1) is 5.92 Å². The summed E-state index contributed by atoms with van der Waals surface area (Å²) in [6.45, 7) is 3.60. The molecule has 1 N–H and O–H groups in total. The van der Waals surface area contributed by atoms with Crippen molar-refractivity contribution in [3.05, 3.63) is 0 Å². The van der Waals surface area contributed by atoms with E-state index in [2.05, 4.69) is 4.90 Å². The van der Waals surface area contributed by atoms with Crippen LogP contribution in [0.15, 0.2) is 0 Å². The second-order valence-electron chi connectivity index (χ2n) is 5.08. The number of carboxylic acid groups (broad SMARTS) is 1. The molecule has 0 bridgehead atoms. The Labute approximate surface area is 91.5 Å². The van der Waals surface area contributed by atoms with Gasteiger partial charge in [0, 0.05) is 6.54 Å². The summed E-state index contributed by atoms with van der Waals surface area (Å²) in [7, 11) is 0. The van der Waals surface area contributed by atoms with Crippen molar-refractivity contribution in [3.63, 3.8) is 0 Å². The Morgan fingerprint density at radius 1 is 1.20 bits per heavy atom. The van der Waals surface area contributed by atoms with Crippen LogP contribution in [0.5, 0.6) is 0 Å². The summed E-state index contributed by atoms with van der Waals surface area (Å²) in [4.78, 5) is 13.4. The summed E-state index contributed by atoms with van der Waals surface area (Å²) < 4.78 is 0. The molecule has 15 heavy (non-hydrogen) atoms. The van der Waals surface area contributed by atoms with Crippen molar-refractivity contribution in [3.8, 4) is 0 Å². The van der Waals surface area contributed by atoms with Crippen LogP contribution in [0.3, 0.4) is 0 Å². The maximum atomic E-state index is 10.8. The van der Waals surface area contributed by atoms with E-state index in [0.29, 0.717) is 5.92 Å². The standard InChI is InChI=1S/C12H21NO2/c14-12(15)11-5-4-10(8-11)9-13-6-2-1-3-7-13/h10-11H,1-9H2,(H,14,15). The zero-order valence-corrected chi connectivity index (χ0v) is 9.32. The molecule has 0 aromatic rings. The fraction of sp³-hybridized carbons (Fsp3) is 0.917. The van der Waals surface area contributed by atoms with Crippen LogP contribution in [0.25, 0.3) is 0 Å². The number of piperidine rings is 1. The van der Waals surface area contributed by atoms with Crippen molar-refractivity contribution in [1.29, 1.82) is 0 Å². The van der Waals surface area contributed by atoms with Crippen LogP contribution >= 0.6 is 0 Å². The number of rotatable bonds is 3. The van der Waals surface area contributed by atoms with Gasteiger partial charge in [0.2, 0.25) is 0 Å². The Morgan fingerprint density at radius 3 is 2.53 bits per heavy atom. The van der Waals surface area contributed by atoms with Gasteiger partial charge in [0.25, 0.3) is 0 Å². The van der Waals surface area contributed by atoms with E-state index in [9.17, 15) is 4.79 Å². The summed E-state index contributed by atoms with van der Waals surface area (Å²) in [5, 5.41) is 8.92. The predicted molar refractivity (Wildman–Crippen MR) is 58.8 cm³/mol. The third kappa shape index (κ3) is 2.94. The molecule has 2 aliphatic rings. The fourth-order valence-electron chi connectivity index (χ4n) is 2.97. The van der Waals surface area contributed by atoms with Gasteiger partial charge in [-0.25, -0.2) is 0 Å².